The van der Waals surface area contributed by atoms with Gasteiger partial charge in [-0.3, -0.25) is 4.79 Å². The van der Waals surface area contributed by atoms with Crippen LogP contribution < -0.4 is 0 Å². The quantitative estimate of drug-likeness (QED) is 0.209. The minimum atomic E-state index is -0.0863. The van der Waals surface area contributed by atoms with Crippen LogP contribution in [0.15, 0.2) is 23.3 Å². The summed E-state index contributed by atoms with van der Waals surface area (Å²) in [5.74, 6) is 5.41. The summed E-state index contributed by atoms with van der Waals surface area (Å²) in [6.07, 6.45) is 0.977. The van der Waals surface area contributed by atoms with Gasteiger partial charge in [-0.15, -0.1) is 0 Å². The number of hydrogen-bond acceptors (Lipinski definition) is 3. The van der Waals surface area contributed by atoms with E-state index in [1.54, 1.807) is 12.1 Å². The molecular formula is C11H9N3O2. The van der Waals surface area contributed by atoms with Crippen molar-refractivity contribution in [2.24, 2.45) is 5.11 Å². The first-order valence-electron chi connectivity index (χ1n) is 4.56. The number of phenols is 1. The lowest BCUT2D eigenvalue weighted by Gasteiger charge is -1.98. The zero-order valence-electron chi connectivity index (χ0n) is 8.42. The number of hydrogen-bond donors (Lipinski definition) is 1. The number of rotatable bonds is 3. The summed E-state index contributed by atoms with van der Waals surface area (Å²) in [5.41, 5.74) is 8.68. The van der Waals surface area contributed by atoms with Crippen LogP contribution in [0.1, 0.15) is 22.3 Å². The molecule has 80 valence electrons. The fourth-order valence-electron chi connectivity index (χ4n) is 1.09. The fourth-order valence-corrected chi connectivity index (χ4v) is 1.09. The lowest BCUT2D eigenvalue weighted by atomic mass is 10.1. The van der Waals surface area contributed by atoms with Gasteiger partial charge < -0.3 is 5.11 Å². The van der Waals surface area contributed by atoms with Crippen molar-refractivity contribution in [1.82, 2.24) is 0 Å². The van der Waals surface area contributed by atoms with Crippen LogP contribution in [0.5, 0.6) is 5.75 Å². The number of phenolic OH excluding ortho intramolecular Hbond substituents is 1. The SMILES string of the molecule is [N-]=[N+]=NCCC#Cc1cccc(O)c1C=O. The third-order valence-electron chi connectivity index (χ3n) is 1.82. The summed E-state index contributed by atoms with van der Waals surface area (Å²) in [6, 6.07) is 4.68. The normalized spacial score (nSPS) is 8.50. The van der Waals surface area contributed by atoms with Gasteiger partial charge in [-0.2, -0.15) is 0 Å². The molecule has 0 aliphatic heterocycles. The standard InChI is InChI=1S/C11H9N3O2/c12-14-13-7-2-1-4-9-5-3-6-11(16)10(9)8-15/h3,5-6,8,16H,2,7H2. The molecule has 1 N–H and O–H groups in total. The van der Waals surface area contributed by atoms with Crippen LogP contribution >= 0.6 is 0 Å². The van der Waals surface area contributed by atoms with Crippen molar-refractivity contribution in [3.05, 3.63) is 39.8 Å². The molecule has 0 aromatic heterocycles. The molecule has 0 spiro atoms. The molecule has 0 fully saturated rings. The van der Waals surface area contributed by atoms with Crippen molar-refractivity contribution in [2.75, 3.05) is 6.54 Å². The number of carbonyl (C=O) groups is 1. The zero-order valence-corrected chi connectivity index (χ0v) is 8.42. The first kappa shape index (κ1) is 11.6. The highest BCUT2D eigenvalue weighted by Crippen LogP contribution is 2.17. The maximum atomic E-state index is 10.7. The highest BCUT2D eigenvalue weighted by molar-refractivity contribution is 5.83. The van der Waals surface area contributed by atoms with E-state index < -0.39 is 0 Å². The molecule has 0 unspecified atom stereocenters. The van der Waals surface area contributed by atoms with Crippen LogP contribution in [-0.4, -0.2) is 17.9 Å². The Morgan fingerprint density at radius 1 is 1.56 bits per heavy atom. The summed E-state index contributed by atoms with van der Waals surface area (Å²) < 4.78 is 0. The zero-order chi connectivity index (χ0) is 11.8. The van der Waals surface area contributed by atoms with Gasteiger partial charge in [0.1, 0.15) is 5.75 Å². The molecule has 0 radical (unpaired) electrons. The van der Waals surface area contributed by atoms with E-state index in [1.807, 2.05) is 0 Å². The molecule has 0 saturated heterocycles. The highest BCUT2D eigenvalue weighted by atomic mass is 16.3. The van der Waals surface area contributed by atoms with Crippen molar-refractivity contribution in [3.8, 4) is 17.6 Å². The Labute approximate surface area is 92.3 Å². The summed E-state index contributed by atoms with van der Waals surface area (Å²) in [7, 11) is 0. The van der Waals surface area contributed by atoms with Gasteiger partial charge in [0.05, 0.1) is 5.56 Å². The topological polar surface area (TPSA) is 86.1 Å². The predicted octanol–water partition coefficient (Wildman–Crippen LogP) is 2.26. The highest BCUT2D eigenvalue weighted by Gasteiger charge is 2.03. The molecular weight excluding hydrogens is 206 g/mol. The molecule has 0 atom stereocenters. The Morgan fingerprint density at radius 2 is 2.38 bits per heavy atom. The smallest absolute Gasteiger partial charge is 0.155 e. The third-order valence-corrected chi connectivity index (χ3v) is 1.82. The van der Waals surface area contributed by atoms with Gasteiger partial charge >= 0.3 is 0 Å². The van der Waals surface area contributed by atoms with Crippen LogP contribution in [0, 0.1) is 11.8 Å². The van der Waals surface area contributed by atoms with Gasteiger partial charge in [0.2, 0.25) is 0 Å². The summed E-state index contributed by atoms with van der Waals surface area (Å²) >= 11 is 0. The monoisotopic (exact) mass is 215 g/mol. The Hall–Kier alpha value is -2.44. The van der Waals surface area contributed by atoms with Crippen LogP contribution in [0.3, 0.4) is 0 Å². The first-order chi connectivity index (χ1) is 7.79. The Kier molecular flexibility index (Phi) is 4.45. The molecule has 0 heterocycles. The van der Waals surface area contributed by atoms with E-state index in [0.717, 1.165) is 0 Å². The molecule has 0 bridgehead atoms. The molecule has 5 nitrogen and oxygen atoms in total. The fraction of sp³-hybridized carbons (Fsp3) is 0.182. The minimum absolute atomic E-state index is 0.0863. The molecule has 16 heavy (non-hydrogen) atoms. The van der Waals surface area contributed by atoms with E-state index in [0.29, 0.717) is 24.8 Å². The second-order valence-electron chi connectivity index (χ2n) is 2.86. The third kappa shape index (κ3) is 3.05. The minimum Gasteiger partial charge on any atom is -0.507 e. The Morgan fingerprint density at radius 3 is 3.06 bits per heavy atom. The van der Waals surface area contributed by atoms with Crippen LogP contribution in [0.2, 0.25) is 0 Å². The number of aldehydes is 1. The van der Waals surface area contributed by atoms with Crippen molar-refractivity contribution < 1.29 is 9.90 Å². The van der Waals surface area contributed by atoms with Crippen LogP contribution in [-0.2, 0) is 0 Å². The van der Waals surface area contributed by atoms with Gasteiger partial charge in [0.25, 0.3) is 0 Å². The van der Waals surface area contributed by atoms with Gasteiger partial charge in [0.15, 0.2) is 6.29 Å². The van der Waals surface area contributed by atoms with Crippen molar-refractivity contribution in [1.29, 1.82) is 0 Å². The van der Waals surface area contributed by atoms with E-state index in [9.17, 15) is 9.90 Å². The van der Waals surface area contributed by atoms with E-state index in [1.165, 1.54) is 6.07 Å². The largest absolute Gasteiger partial charge is 0.507 e. The first-order valence-corrected chi connectivity index (χ1v) is 4.56. The maximum absolute atomic E-state index is 10.7. The molecule has 1 rings (SSSR count). The number of nitrogens with zero attached hydrogens (tertiary/aromatic N) is 3. The number of aromatic hydroxyl groups is 1. The van der Waals surface area contributed by atoms with E-state index in [2.05, 4.69) is 21.9 Å². The summed E-state index contributed by atoms with van der Waals surface area (Å²) in [4.78, 5) is 13.3. The maximum Gasteiger partial charge on any atom is 0.155 e. The second-order valence-corrected chi connectivity index (χ2v) is 2.86. The lowest BCUT2D eigenvalue weighted by Crippen LogP contribution is -1.87. The Balaban J connectivity index is 2.84. The second kappa shape index (κ2) is 6.12. The van der Waals surface area contributed by atoms with Gasteiger partial charge in [-0.1, -0.05) is 23.0 Å². The van der Waals surface area contributed by atoms with Crippen LogP contribution in [0.4, 0.5) is 0 Å². The van der Waals surface area contributed by atoms with E-state index in [4.69, 9.17) is 5.53 Å². The summed E-state index contributed by atoms with van der Waals surface area (Å²) in [5, 5.41) is 12.7. The summed E-state index contributed by atoms with van der Waals surface area (Å²) in [6.45, 7) is 0.290. The molecule has 0 aliphatic carbocycles. The molecule has 0 amide bonds. The average Bonchev–Trinajstić information content (AvgIpc) is 2.29. The van der Waals surface area contributed by atoms with Crippen molar-refractivity contribution in [2.45, 2.75) is 6.42 Å². The van der Waals surface area contributed by atoms with Gasteiger partial charge in [0, 0.05) is 23.4 Å². The lowest BCUT2D eigenvalue weighted by molar-refractivity contribution is 0.112. The van der Waals surface area contributed by atoms with Crippen molar-refractivity contribution >= 4 is 6.29 Å². The van der Waals surface area contributed by atoms with E-state index >= 15 is 0 Å². The number of azide groups is 1. The molecule has 1 aromatic rings. The number of carbonyl (C=O) groups excluding carboxylic acids is 1. The average molecular weight is 215 g/mol. The predicted molar refractivity (Wildman–Crippen MR) is 59.0 cm³/mol. The Bertz CT molecular complexity index is 494. The van der Waals surface area contributed by atoms with E-state index in [-0.39, 0.29) is 11.3 Å². The van der Waals surface area contributed by atoms with Crippen molar-refractivity contribution in [3.63, 3.8) is 0 Å². The molecule has 0 aliphatic rings. The van der Waals surface area contributed by atoms with Gasteiger partial charge in [-0.05, 0) is 17.7 Å². The number of benzene rings is 1. The molecule has 0 saturated carbocycles. The van der Waals surface area contributed by atoms with Gasteiger partial charge in [-0.25, -0.2) is 0 Å². The molecule has 1 aromatic carbocycles. The molecule has 5 heteroatoms. The van der Waals surface area contributed by atoms with Crippen LogP contribution in [0.25, 0.3) is 10.4 Å².